The number of hydrogen-bond acceptors (Lipinski definition) is 4. The van der Waals surface area contributed by atoms with E-state index in [1.165, 1.54) is 4.90 Å². The molecule has 1 unspecified atom stereocenters. The van der Waals surface area contributed by atoms with Crippen molar-refractivity contribution in [1.82, 2.24) is 10.2 Å². The van der Waals surface area contributed by atoms with Gasteiger partial charge >= 0.3 is 0 Å². The number of nitrogens with one attached hydrogen (secondary N) is 1. The van der Waals surface area contributed by atoms with E-state index in [9.17, 15) is 18.0 Å². The van der Waals surface area contributed by atoms with Crippen LogP contribution in [-0.4, -0.2) is 50.5 Å². The molecule has 0 spiro atoms. The number of sulfonamides is 1. The first-order valence-electron chi connectivity index (χ1n) is 12.2. The number of rotatable bonds is 12. The number of halogens is 2. The van der Waals surface area contributed by atoms with E-state index in [4.69, 9.17) is 11.6 Å². The molecule has 7 nitrogen and oxygen atoms in total. The highest BCUT2D eigenvalue weighted by atomic mass is 79.9. The molecule has 10 heteroatoms. The minimum absolute atomic E-state index is 0.126. The van der Waals surface area contributed by atoms with Crippen molar-refractivity contribution in [2.45, 2.75) is 32.4 Å². The molecule has 3 rings (SSSR count). The van der Waals surface area contributed by atoms with E-state index >= 15 is 0 Å². The van der Waals surface area contributed by atoms with E-state index in [2.05, 4.69) is 21.2 Å². The number of amides is 2. The largest absolute Gasteiger partial charge is 0.354 e. The molecule has 0 fully saturated rings. The van der Waals surface area contributed by atoms with Gasteiger partial charge in [-0.3, -0.25) is 13.9 Å². The first kappa shape index (κ1) is 29.7. The lowest BCUT2D eigenvalue weighted by molar-refractivity contribution is -0.140. The van der Waals surface area contributed by atoms with E-state index in [1.54, 1.807) is 24.3 Å². The van der Waals surface area contributed by atoms with Crippen molar-refractivity contribution in [1.29, 1.82) is 0 Å². The second-order valence-electron chi connectivity index (χ2n) is 8.89. The molecule has 0 bridgehead atoms. The van der Waals surface area contributed by atoms with Crippen molar-refractivity contribution in [3.8, 4) is 0 Å². The molecule has 0 aliphatic rings. The molecule has 0 aliphatic carbocycles. The van der Waals surface area contributed by atoms with Crippen LogP contribution in [0, 0.1) is 0 Å². The third-order valence-corrected chi connectivity index (χ3v) is 7.80. The number of benzene rings is 3. The Morgan fingerprint density at radius 2 is 1.58 bits per heavy atom. The van der Waals surface area contributed by atoms with Gasteiger partial charge in [0.1, 0.15) is 12.6 Å². The molecule has 0 aliphatic heterocycles. The molecule has 3 aromatic carbocycles. The molecule has 1 atom stereocenters. The zero-order valence-electron chi connectivity index (χ0n) is 21.3. The lowest BCUT2D eigenvalue weighted by atomic mass is 10.0. The Balaban J connectivity index is 2.02. The van der Waals surface area contributed by atoms with Gasteiger partial charge in [0.05, 0.1) is 11.9 Å². The first-order valence-corrected chi connectivity index (χ1v) is 15.2. The fourth-order valence-electron chi connectivity index (χ4n) is 3.93. The lowest BCUT2D eigenvalue weighted by Gasteiger charge is -2.33. The standard InChI is InChI=1S/C28H31BrClN3O4S/c1-3-17-31-28(35)26(18-21-7-5-4-6-8-21)32(19-22-9-11-23(29)12-10-22)27(34)20-33(38(2,36)37)25-15-13-24(30)14-16-25/h4-16,26H,3,17-20H2,1-2H3,(H,31,35). The van der Waals surface area contributed by atoms with Crippen LogP contribution in [0.3, 0.4) is 0 Å². The fraction of sp³-hybridized carbons (Fsp3) is 0.286. The predicted molar refractivity (Wildman–Crippen MR) is 156 cm³/mol. The number of nitrogens with zero attached hydrogens (tertiary/aromatic N) is 2. The van der Waals surface area contributed by atoms with Crippen molar-refractivity contribution in [3.05, 3.63) is 99.5 Å². The molecule has 2 amide bonds. The smallest absolute Gasteiger partial charge is 0.244 e. The number of carbonyl (C=O) groups is 2. The molecule has 0 aromatic heterocycles. The van der Waals surface area contributed by atoms with Crippen LogP contribution >= 0.6 is 27.5 Å². The molecule has 3 aromatic rings. The average molecular weight is 621 g/mol. The molecular formula is C28H31BrClN3O4S. The Hall–Kier alpha value is -2.88. The topological polar surface area (TPSA) is 86.8 Å². The van der Waals surface area contributed by atoms with Gasteiger partial charge in [0.25, 0.3) is 0 Å². The van der Waals surface area contributed by atoms with Gasteiger partial charge in [0.2, 0.25) is 21.8 Å². The maximum atomic E-state index is 13.9. The summed E-state index contributed by atoms with van der Waals surface area (Å²) < 4.78 is 27.4. The quantitative estimate of drug-likeness (QED) is 0.308. The van der Waals surface area contributed by atoms with Crippen molar-refractivity contribution in [2.24, 2.45) is 0 Å². The summed E-state index contributed by atoms with van der Waals surface area (Å²) in [5.74, 6) is -0.792. The molecule has 38 heavy (non-hydrogen) atoms. The highest BCUT2D eigenvalue weighted by Gasteiger charge is 2.32. The van der Waals surface area contributed by atoms with Crippen LogP contribution in [0.25, 0.3) is 0 Å². The van der Waals surface area contributed by atoms with Crippen molar-refractivity contribution in [3.63, 3.8) is 0 Å². The Kier molecular flexibility index (Phi) is 10.8. The minimum Gasteiger partial charge on any atom is -0.354 e. The highest BCUT2D eigenvalue weighted by Crippen LogP contribution is 2.22. The summed E-state index contributed by atoms with van der Waals surface area (Å²) in [4.78, 5) is 28.8. The summed E-state index contributed by atoms with van der Waals surface area (Å²) in [5.41, 5.74) is 2.00. The zero-order valence-corrected chi connectivity index (χ0v) is 24.5. The summed E-state index contributed by atoms with van der Waals surface area (Å²) in [6.07, 6.45) is 2.06. The maximum Gasteiger partial charge on any atom is 0.244 e. The van der Waals surface area contributed by atoms with Crippen LogP contribution < -0.4 is 9.62 Å². The van der Waals surface area contributed by atoms with Crippen molar-refractivity contribution in [2.75, 3.05) is 23.7 Å². The summed E-state index contributed by atoms with van der Waals surface area (Å²) in [7, 11) is -3.82. The van der Waals surface area contributed by atoms with Gasteiger partial charge in [-0.05, 0) is 53.9 Å². The van der Waals surface area contributed by atoms with E-state index in [1.807, 2.05) is 61.5 Å². The van der Waals surface area contributed by atoms with Gasteiger partial charge in [-0.2, -0.15) is 0 Å². The van der Waals surface area contributed by atoms with Crippen LogP contribution in [-0.2, 0) is 32.6 Å². The molecule has 0 saturated carbocycles. The Morgan fingerprint density at radius 1 is 0.947 bits per heavy atom. The summed E-state index contributed by atoms with van der Waals surface area (Å²) in [6, 6.07) is 22.3. The predicted octanol–water partition coefficient (Wildman–Crippen LogP) is 5.03. The summed E-state index contributed by atoms with van der Waals surface area (Å²) >= 11 is 9.42. The number of hydrogen-bond donors (Lipinski definition) is 1. The second kappa shape index (κ2) is 13.8. The average Bonchev–Trinajstić information content (AvgIpc) is 2.89. The van der Waals surface area contributed by atoms with Crippen LogP contribution in [0.1, 0.15) is 24.5 Å². The normalized spacial score (nSPS) is 12.0. The third kappa shape index (κ3) is 8.58. The van der Waals surface area contributed by atoms with Crippen molar-refractivity contribution >= 4 is 55.1 Å². The summed E-state index contributed by atoms with van der Waals surface area (Å²) in [6.45, 7) is 2.07. The molecule has 202 valence electrons. The van der Waals surface area contributed by atoms with Crippen LogP contribution in [0.15, 0.2) is 83.3 Å². The van der Waals surface area contributed by atoms with Gasteiger partial charge in [-0.25, -0.2) is 8.42 Å². The molecular weight excluding hydrogens is 590 g/mol. The van der Waals surface area contributed by atoms with Crippen molar-refractivity contribution < 1.29 is 18.0 Å². The summed E-state index contributed by atoms with van der Waals surface area (Å²) in [5, 5.41) is 3.36. The third-order valence-electron chi connectivity index (χ3n) is 5.88. The molecule has 0 heterocycles. The molecule has 0 radical (unpaired) electrons. The van der Waals surface area contributed by atoms with E-state index in [-0.39, 0.29) is 18.9 Å². The first-order chi connectivity index (χ1) is 18.1. The highest BCUT2D eigenvalue weighted by molar-refractivity contribution is 9.10. The number of carbonyl (C=O) groups excluding carboxylic acids is 2. The van der Waals surface area contributed by atoms with E-state index in [0.717, 1.165) is 32.6 Å². The zero-order chi connectivity index (χ0) is 27.7. The van der Waals surface area contributed by atoms with Gasteiger partial charge in [0.15, 0.2) is 0 Å². The van der Waals surface area contributed by atoms with E-state index < -0.39 is 28.5 Å². The SMILES string of the molecule is CCCNC(=O)C(Cc1ccccc1)N(Cc1ccc(Br)cc1)C(=O)CN(c1ccc(Cl)cc1)S(C)(=O)=O. The van der Waals surface area contributed by atoms with Gasteiger partial charge < -0.3 is 10.2 Å². The minimum atomic E-state index is -3.82. The van der Waals surface area contributed by atoms with Crippen LogP contribution in [0.4, 0.5) is 5.69 Å². The Bertz CT molecular complexity index is 1320. The fourth-order valence-corrected chi connectivity index (χ4v) is 5.17. The lowest BCUT2D eigenvalue weighted by Crippen LogP contribution is -2.53. The van der Waals surface area contributed by atoms with Gasteiger partial charge in [0, 0.05) is 29.0 Å². The van der Waals surface area contributed by atoms with E-state index in [0.29, 0.717) is 17.3 Å². The van der Waals surface area contributed by atoms with Gasteiger partial charge in [-0.15, -0.1) is 0 Å². The molecule has 0 saturated heterocycles. The maximum absolute atomic E-state index is 13.9. The monoisotopic (exact) mass is 619 g/mol. The second-order valence-corrected chi connectivity index (χ2v) is 12.1. The Labute approximate surface area is 238 Å². The van der Waals surface area contributed by atoms with Crippen LogP contribution in [0.2, 0.25) is 5.02 Å². The van der Waals surface area contributed by atoms with Crippen LogP contribution in [0.5, 0.6) is 0 Å². The van der Waals surface area contributed by atoms with Gasteiger partial charge in [-0.1, -0.05) is 76.9 Å². The Morgan fingerprint density at radius 3 is 2.16 bits per heavy atom. The number of anilines is 1. The molecule has 1 N–H and O–H groups in total.